The van der Waals surface area contributed by atoms with Crippen LogP contribution in [-0.2, 0) is 0 Å². The van der Waals surface area contributed by atoms with Crippen molar-refractivity contribution in [3.05, 3.63) is 28.2 Å². The SMILES string of the molecule is O=C(O)c1ccc(Br)cc1NCC1(CO)CCCCC1. The van der Waals surface area contributed by atoms with Gasteiger partial charge < -0.3 is 15.5 Å². The first-order valence-electron chi connectivity index (χ1n) is 6.94. The highest BCUT2D eigenvalue weighted by Crippen LogP contribution is 2.36. The highest BCUT2D eigenvalue weighted by atomic mass is 79.9. The maximum Gasteiger partial charge on any atom is 0.337 e. The number of anilines is 1. The van der Waals surface area contributed by atoms with Crippen molar-refractivity contribution in [3.8, 4) is 0 Å². The Labute approximate surface area is 127 Å². The first-order valence-corrected chi connectivity index (χ1v) is 7.73. The van der Waals surface area contributed by atoms with Gasteiger partial charge in [-0.2, -0.15) is 0 Å². The molecule has 0 aromatic heterocycles. The van der Waals surface area contributed by atoms with Gasteiger partial charge in [0.25, 0.3) is 0 Å². The van der Waals surface area contributed by atoms with Gasteiger partial charge in [0.15, 0.2) is 0 Å². The number of aliphatic hydroxyl groups is 1. The van der Waals surface area contributed by atoms with Gasteiger partial charge in [-0.1, -0.05) is 35.2 Å². The number of nitrogens with one attached hydrogen (secondary N) is 1. The summed E-state index contributed by atoms with van der Waals surface area (Å²) in [5.41, 5.74) is 0.749. The van der Waals surface area contributed by atoms with Gasteiger partial charge in [-0.15, -0.1) is 0 Å². The number of carboxylic acids is 1. The van der Waals surface area contributed by atoms with E-state index in [4.69, 9.17) is 0 Å². The molecule has 0 spiro atoms. The Morgan fingerprint density at radius 2 is 2.00 bits per heavy atom. The Bertz CT molecular complexity index is 484. The van der Waals surface area contributed by atoms with E-state index in [1.54, 1.807) is 18.2 Å². The molecule has 3 N–H and O–H groups in total. The number of halogens is 1. The Balaban J connectivity index is 2.13. The van der Waals surface area contributed by atoms with Crippen LogP contribution in [0.4, 0.5) is 5.69 Å². The van der Waals surface area contributed by atoms with Crippen molar-refractivity contribution in [2.45, 2.75) is 32.1 Å². The first-order chi connectivity index (χ1) is 9.56. The molecule has 4 nitrogen and oxygen atoms in total. The van der Waals surface area contributed by atoms with Crippen LogP contribution in [0.15, 0.2) is 22.7 Å². The van der Waals surface area contributed by atoms with Crippen LogP contribution in [0, 0.1) is 5.41 Å². The molecule has 0 heterocycles. The summed E-state index contributed by atoms with van der Waals surface area (Å²) in [6.07, 6.45) is 5.47. The largest absolute Gasteiger partial charge is 0.478 e. The summed E-state index contributed by atoms with van der Waals surface area (Å²) in [4.78, 5) is 11.2. The molecular weight excluding hydrogens is 322 g/mol. The molecule has 0 atom stereocenters. The number of carboxylic acid groups (broad SMARTS) is 1. The van der Waals surface area contributed by atoms with E-state index in [0.717, 1.165) is 30.2 Å². The minimum Gasteiger partial charge on any atom is -0.478 e. The molecule has 2 rings (SSSR count). The molecule has 1 fully saturated rings. The molecular formula is C15H20BrNO3. The molecule has 1 saturated carbocycles. The standard InChI is InChI=1S/C15H20BrNO3/c16-11-4-5-12(14(19)20)13(8-11)17-9-15(10-18)6-2-1-3-7-15/h4-5,8,17-18H,1-3,6-7,9-10H2,(H,19,20). The highest BCUT2D eigenvalue weighted by molar-refractivity contribution is 9.10. The summed E-state index contributed by atoms with van der Waals surface area (Å²) in [5, 5.41) is 22.1. The van der Waals surface area contributed by atoms with Gasteiger partial charge in [-0.25, -0.2) is 4.79 Å². The van der Waals surface area contributed by atoms with Crippen molar-refractivity contribution in [2.24, 2.45) is 5.41 Å². The van der Waals surface area contributed by atoms with E-state index in [1.807, 2.05) is 0 Å². The van der Waals surface area contributed by atoms with Gasteiger partial charge in [-0.05, 0) is 31.0 Å². The average molecular weight is 342 g/mol. The second-order valence-electron chi connectivity index (χ2n) is 5.57. The van der Waals surface area contributed by atoms with E-state index in [9.17, 15) is 15.0 Å². The summed E-state index contributed by atoms with van der Waals surface area (Å²) in [6.45, 7) is 0.761. The molecule has 1 aromatic carbocycles. The zero-order valence-electron chi connectivity index (χ0n) is 11.4. The molecule has 20 heavy (non-hydrogen) atoms. The average Bonchev–Trinajstić information content (AvgIpc) is 2.46. The minimum absolute atomic E-state index is 0.115. The number of aromatic carboxylic acids is 1. The van der Waals surface area contributed by atoms with Gasteiger partial charge in [0.05, 0.1) is 12.2 Å². The van der Waals surface area contributed by atoms with Crippen LogP contribution in [0.3, 0.4) is 0 Å². The summed E-state index contributed by atoms with van der Waals surface area (Å²) in [6, 6.07) is 5.08. The van der Waals surface area contributed by atoms with Crippen LogP contribution in [0.25, 0.3) is 0 Å². The first kappa shape index (κ1) is 15.3. The van der Waals surface area contributed by atoms with E-state index < -0.39 is 5.97 Å². The number of hydrogen-bond acceptors (Lipinski definition) is 3. The van der Waals surface area contributed by atoms with Crippen LogP contribution >= 0.6 is 15.9 Å². The summed E-state index contributed by atoms with van der Waals surface area (Å²) in [7, 11) is 0. The van der Waals surface area contributed by atoms with Crippen LogP contribution in [-0.4, -0.2) is 29.3 Å². The third kappa shape index (κ3) is 3.52. The lowest BCUT2D eigenvalue weighted by molar-refractivity contribution is 0.0697. The number of benzene rings is 1. The van der Waals surface area contributed by atoms with Crippen LogP contribution in [0.1, 0.15) is 42.5 Å². The molecule has 0 radical (unpaired) electrons. The van der Waals surface area contributed by atoms with Crippen molar-refractivity contribution >= 4 is 27.6 Å². The Morgan fingerprint density at radius 3 is 2.60 bits per heavy atom. The summed E-state index contributed by atoms with van der Waals surface area (Å²) < 4.78 is 0.840. The maximum absolute atomic E-state index is 11.2. The van der Waals surface area contributed by atoms with Gasteiger partial charge in [0, 0.05) is 22.1 Å². The Hall–Kier alpha value is -1.07. The predicted molar refractivity (Wildman–Crippen MR) is 82.2 cm³/mol. The molecule has 0 unspecified atom stereocenters. The fraction of sp³-hybridized carbons (Fsp3) is 0.533. The number of carbonyl (C=O) groups is 1. The van der Waals surface area contributed by atoms with Crippen molar-refractivity contribution in [3.63, 3.8) is 0 Å². The monoisotopic (exact) mass is 341 g/mol. The van der Waals surface area contributed by atoms with Gasteiger partial charge in [0.2, 0.25) is 0 Å². The van der Waals surface area contributed by atoms with Crippen LogP contribution in [0.2, 0.25) is 0 Å². The third-order valence-electron chi connectivity index (χ3n) is 4.12. The quantitative estimate of drug-likeness (QED) is 0.766. The lowest BCUT2D eigenvalue weighted by Gasteiger charge is -2.36. The molecule has 1 aromatic rings. The molecule has 0 aliphatic heterocycles. The topological polar surface area (TPSA) is 69.6 Å². The zero-order chi connectivity index (χ0) is 14.6. The van der Waals surface area contributed by atoms with Crippen molar-refractivity contribution < 1.29 is 15.0 Å². The number of rotatable bonds is 5. The van der Waals surface area contributed by atoms with Gasteiger partial charge in [0.1, 0.15) is 0 Å². The summed E-state index contributed by atoms with van der Waals surface area (Å²) in [5.74, 6) is -0.943. The molecule has 110 valence electrons. The van der Waals surface area contributed by atoms with Crippen molar-refractivity contribution in [1.82, 2.24) is 0 Å². The molecule has 5 heteroatoms. The Morgan fingerprint density at radius 1 is 1.30 bits per heavy atom. The number of hydrogen-bond donors (Lipinski definition) is 3. The highest BCUT2D eigenvalue weighted by Gasteiger charge is 2.31. The van der Waals surface area contributed by atoms with E-state index >= 15 is 0 Å². The third-order valence-corrected chi connectivity index (χ3v) is 4.61. The molecule has 0 bridgehead atoms. The van der Waals surface area contributed by atoms with E-state index in [2.05, 4.69) is 21.2 Å². The van der Waals surface area contributed by atoms with Gasteiger partial charge in [-0.3, -0.25) is 0 Å². The lowest BCUT2D eigenvalue weighted by atomic mass is 9.74. The van der Waals surface area contributed by atoms with Crippen molar-refractivity contribution in [1.29, 1.82) is 0 Å². The molecule has 1 aliphatic rings. The molecule has 1 aliphatic carbocycles. The fourth-order valence-electron chi connectivity index (χ4n) is 2.82. The molecule has 0 saturated heterocycles. The smallest absolute Gasteiger partial charge is 0.337 e. The van der Waals surface area contributed by atoms with Crippen LogP contribution < -0.4 is 5.32 Å². The fourth-order valence-corrected chi connectivity index (χ4v) is 3.19. The summed E-state index contributed by atoms with van der Waals surface area (Å²) >= 11 is 3.36. The normalized spacial score (nSPS) is 17.7. The van der Waals surface area contributed by atoms with Gasteiger partial charge >= 0.3 is 5.97 Å². The predicted octanol–water partition coefficient (Wildman–Crippen LogP) is 3.50. The lowest BCUT2D eigenvalue weighted by Crippen LogP contribution is -2.35. The van der Waals surface area contributed by atoms with E-state index in [0.29, 0.717) is 12.2 Å². The zero-order valence-corrected chi connectivity index (χ0v) is 12.9. The minimum atomic E-state index is -0.943. The maximum atomic E-state index is 11.2. The second-order valence-corrected chi connectivity index (χ2v) is 6.48. The second kappa shape index (κ2) is 6.59. The number of aliphatic hydroxyl groups excluding tert-OH is 1. The van der Waals surface area contributed by atoms with Crippen LogP contribution in [0.5, 0.6) is 0 Å². The van der Waals surface area contributed by atoms with E-state index in [-0.39, 0.29) is 17.6 Å². The van der Waals surface area contributed by atoms with E-state index in [1.165, 1.54) is 6.42 Å². The van der Waals surface area contributed by atoms with Crippen molar-refractivity contribution in [2.75, 3.05) is 18.5 Å². The molecule has 0 amide bonds. The Kier molecular flexibility index (Phi) is 5.05.